The summed E-state index contributed by atoms with van der Waals surface area (Å²) in [7, 11) is 0. The number of carbonyl (C=O) groups excluding carboxylic acids is 1. The highest BCUT2D eigenvalue weighted by atomic mass is 16.4. The lowest BCUT2D eigenvalue weighted by Gasteiger charge is -2.16. The van der Waals surface area contributed by atoms with E-state index in [1.165, 1.54) is 6.92 Å². The molecule has 0 aromatic heterocycles. The van der Waals surface area contributed by atoms with E-state index < -0.39 is 29.8 Å². The number of aliphatic carboxylic acids is 2. The molecule has 0 heterocycles. The molecule has 0 aromatic carbocycles. The molecule has 0 aliphatic rings. The molecule has 1 amide bonds. The van der Waals surface area contributed by atoms with E-state index in [0.717, 1.165) is 0 Å². The van der Waals surface area contributed by atoms with Gasteiger partial charge in [0.1, 0.15) is 6.04 Å². The number of nitrogens with one attached hydrogen (secondary N) is 1. The number of carboxylic acids is 2. The Morgan fingerprint density at radius 3 is 2.30 bits per heavy atom. The molecule has 1 unspecified atom stereocenters. The molecule has 9 heteroatoms. The minimum absolute atomic E-state index is 0.0870. The number of hydrogen-bond acceptors (Lipinski definition) is 4. The molecule has 0 saturated heterocycles. The fourth-order valence-corrected chi connectivity index (χ4v) is 1.43. The van der Waals surface area contributed by atoms with Crippen molar-refractivity contribution in [2.24, 2.45) is 22.4 Å². The van der Waals surface area contributed by atoms with Gasteiger partial charge in [-0.05, 0) is 12.8 Å². The Labute approximate surface area is 116 Å². The van der Waals surface area contributed by atoms with Gasteiger partial charge in [-0.25, -0.2) is 4.79 Å². The highest BCUT2D eigenvalue weighted by Crippen LogP contribution is 2.05. The molecule has 7 N–H and O–H groups in total. The Hall–Kier alpha value is -2.32. The first-order valence-corrected chi connectivity index (χ1v) is 6.04. The molecule has 0 bridgehead atoms. The molecule has 20 heavy (non-hydrogen) atoms. The number of amides is 1. The molecule has 0 rings (SSSR count). The Bertz CT molecular complexity index is 392. The molecule has 9 nitrogen and oxygen atoms in total. The van der Waals surface area contributed by atoms with Crippen molar-refractivity contribution in [3.8, 4) is 0 Å². The molecule has 0 aromatic rings. The maximum absolute atomic E-state index is 11.6. The zero-order valence-corrected chi connectivity index (χ0v) is 11.2. The van der Waals surface area contributed by atoms with Crippen LogP contribution in [0.2, 0.25) is 0 Å². The second-order valence-electron chi connectivity index (χ2n) is 4.35. The Balaban J connectivity index is 4.33. The number of carboxylic acid groups (broad SMARTS) is 2. The fourth-order valence-electron chi connectivity index (χ4n) is 1.43. The van der Waals surface area contributed by atoms with Crippen molar-refractivity contribution in [2.45, 2.75) is 32.2 Å². The first-order valence-electron chi connectivity index (χ1n) is 6.04. The van der Waals surface area contributed by atoms with Gasteiger partial charge in [-0.15, -0.1) is 0 Å². The highest BCUT2D eigenvalue weighted by molar-refractivity contribution is 5.87. The van der Waals surface area contributed by atoms with Gasteiger partial charge in [-0.2, -0.15) is 0 Å². The summed E-state index contributed by atoms with van der Waals surface area (Å²) in [5.41, 5.74) is 10.2. The quantitative estimate of drug-likeness (QED) is 0.200. The molecular weight excluding hydrogens is 268 g/mol. The van der Waals surface area contributed by atoms with Crippen molar-refractivity contribution < 1.29 is 24.6 Å². The van der Waals surface area contributed by atoms with E-state index >= 15 is 0 Å². The summed E-state index contributed by atoms with van der Waals surface area (Å²) < 4.78 is 0. The molecule has 0 aliphatic carbocycles. The Morgan fingerprint density at radius 2 is 1.85 bits per heavy atom. The number of guanidine groups is 1. The van der Waals surface area contributed by atoms with Gasteiger partial charge in [0, 0.05) is 12.5 Å². The van der Waals surface area contributed by atoms with Crippen LogP contribution >= 0.6 is 0 Å². The number of nitrogens with two attached hydrogens (primary N) is 2. The third-order valence-corrected chi connectivity index (χ3v) is 2.49. The second kappa shape index (κ2) is 8.73. The summed E-state index contributed by atoms with van der Waals surface area (Å²) in [5, 5.41) is 19.8. The SMILES string of the molecule is CC(CC(=O)O)C(=O)N[C@@H](CCCN=C(N)N)C(=O)O. The van der Waals surface area contributed by atoms with Crippen molar-refractivity contribution in [1.82, 2.24) is 5.32 Å². The van der Waals surface area contributed by atoms with Crippen molar-refractivity contribution in [2.75, 3.05) is 6.54 Å². The minimum atomic E-state index is -1.19. The number of carbonyl (C=O) groups is 3. The van der Waals surface area contributed by atoms with Gasteiger partial charge in [0.05, 0.1) is 6.42 Å². The topological polar surface area (TPSA) is 168 Å². The molecule has 0 fully saturated rings. The number of aliphatic imine (C=N–C) groups is 1. The first-order chi connectivity index (χ1) is 9.23. The lowest BCUT2D eigenvalue weighted by molar-refractivity contribution is -0.143. The van der Waals surface area contributed by atoms with Gasteiger partial charge in [-0.3, -0.25) is 14.6 Å². The minimum Gasteiger partial charge on any atom is -0.481 e. The van der Waals surface area contributed by atoms with E-state index in [0.29, 0.717) is 6.42 Å². The lowest BCUT2D eigenvalue weighted by Crippen LogP contribution is -2.43. The van der Waals surface area contributed by atoms with Crippen molar-refractivity contribution in [3.05, 3.63) is 0 Å². The lowest BCUT2D eigenvalue weighted by atomic mass is 10.1. The van der Waals surface area contributed by atoms with Crippen LogP contribution in [0.25, 0.3) is 0 Å². The molecule has 2 atom stereocenters. The number of rotatable bonds is 9. The number of nitrogens with zero attached hydrogens (tertiary/aromatic N) is 1. The summed E-state index contributed by atoms with van der Waals surface area (Å²) >= 11 is 0. The Kier molecular flexibility index (Phi) is 7.71. The van der Waals surface area contributed by atoms with E-state index in [1.807, 2.05) is 0 Å². The van der Waals surface area contributed by atoms with Crippen LogP contribution in [-0.4, -0.2) is 46.6 Å². The summed E-state index contributed by atoms with van der Waals surface area (Å²) in [6.45, 7) is 1.68. The molecule has 0 radical (unpaired) electrons. The normalized spacial score (nSPS) is 13.1. The molecular formula is C11H20N4O5. The van der Waals surface area contributed by atoms with Gasteiger partial charge < -0.3 is 27.0 Å². The van der Waals surface area contributed by atoms with Crippen LogP contribution in [0.5, 0.6) is 0 Å². The zero-order valence-electron chi connectivity index (χ0n) is 11.2. The van der Waals surface area contributed by atoms with E-state index in [2.05, 4.69) is 10.3 Å². The Morgan fingerprint density at radius 1 is 1.25 bits per heavy atom. The van der Waals surface area contributed by atoms with Crippen molar-refractivity contribution >= 4 is 23.8 Å². The van der Waals surface area contributed by atoms with Crippen LogP contribution < -0.4 is 16.8 Å². The third-order valence-electron chi connectivity index (χ3n) is 2.49. The zero-order chi connectivity index (χ0) is 15.7. The van der Waals surface area contributed by atoms with Gasteiger partial charge in [0.25, 0.3) is 0 Å². The molecule has 114 valence electrons. The van der Waals surface area contributed by atoms with Gasteiger partial charge in [-0.1, -0.05) is 6.92 Å². The van der Waals surface area contributed by atoms with E-state index in [-0.39, 0.29) is 25.3 Å². The van der Waals surface area contributed by atoms with Crippen LogP contribution in [0, 0.1) is 5.92 Å². The van der Waals surface area contributed by atoms with Gasteiger partial charge in [0.2, 0.25) is 5.91 Å². The monoisotopic (exact) mass is 288 g/mol. The summed E-state index contributed by atoms with van der Waals surface area (Å²) in [4.78, 5) is 36.8. The van der Waals surface area contributed by atoms with Crippen LogP contribution in [-0.2, 0) is 14.4 Å². The van der Waals surface area contributed by atoms with Crippen molar-refractivity contribution in [1.29, 1.82) is 0 Å². The smallest absolute Gasteiger partial charge is 0.326 e. The van der Waals surface area contributed by atoms with Crippen LogP contribution in [0.15, 0.2) is 4.99 Å². The fraction of sp³-hybridized carbons (Fsp3) is 0.636. The molecule has 0 aliphatic heterocycles. The predicted molar refractivity (Wildman–Crippen MR) is 70.9 cm³/mol. The maximum atomic E-state index is 11.6. The largest absolute Gasteiger partial charge is 0.481 e. The van der Waals surface area contributed by atoms with Crippen LogP contribution in [0.4, 0.5) is 0 Å². The second-order valence-corrected chi connectivity index (χ2v) is 4.35. The first kappa shape index (κ1) is 17.7. The van der Waals surface area contributed by atoms with E-state index in [1.54, 1.807) is 0 Å². The van der Waals surface area contributed by atoms with E-state index in [9.17, 15) is 14.4 Å². The molecule has 0 saturated carbocycles. The molecule has 0 spiro atoms. The summed E-state index contributed by atoms with van der Waals surface area (Å²) in [6, 6.07) is -1.09. The standard InChI is InChI=1S/C11H20N4O5/c1-6(5-8(16)17)9(18)15-7(10(19)20)3-2-4-14-11(12)13/h6-7H,2-5H2,1H3,(H,15,18)(H,16,17)(H,19,20)(H4,12,13,14)/t6?,7-/m0/s1. The van der Waals surface area contributed by atoms with E-state index in [4.69, 9.17) is 21.7 Å². The summed E-state index contributed by atoms with van der Waals surface area (Å²) in [6.07, 6.45) is 0.173. The van der Waals surface area contributed by atoms with Gasteiger partial charge >= 0.3 is 11.9 Å². The average molecular weight is 288 g/mol. The third kappa shape index (κ3) is 7.90. The maximum Gasteiger partial charge on any atom is 0.326 e. The number of hydrogen-bond donors (Lipinski definition) is 5. The predicted octanol–water partition coefficient (Wildman–Crippen LogP) is -1.28. The van der Waals surface area contributed by atoms with Crippen LogP contribution in [0.3, 0.4) is 0 Å². The van der Waals surface area contributed by atoms with Gasteiger partial charge in [0.15, 0.2) is 5.96 Å². The van der Waals surface area contributed by atoms with Crippen molar-refractivity contribution in [3.63, 3.8) is 0 Å². The summed E-state index contributed by atoms with van der Waals surface area (Å²) in [5.74, 6) is -3.80. The van der Waals surface area contributed by atoms with Crippen LogP contribution in [0.1, 0.15) is 26.2 Å². The average Bonchev–Trinajstić information content (AvgIpc) is 2.31. The highest BCUT2D eigenvalue weighted by Gasteiger charge is 2.23.